The highest BCUT2D eigenvalue weighted by Crippen LogP contribution is 2.25. The third-order valence-corrected chi connectivity index (χ3v) is 5.95. The summed E-state index contributed by atoms with van der Waals surface area (Å²) in [5.41, 5.74) is 3.18. The minimum Gasteiger partial charge on any atom is -0.495 e. The number of ether oxygens (including phenoxy) is 1. The van der Waals surface area contributed by atoms with E-state index in [1.807, 2.05) is 42.0 Å². The highest BCUT2D eigenvalue weighted by atomic mass is 35.5. The topological polar surface area (TPSA) is 59.4 Å². The second kappa shape index (κ2) is 9.71. The van der Waals surface area contributed by atoms with Crippen LogP contribution in [0, 0.1) is 6.92 Å². The van der Waals surface area contributed by atoms with E-state index in [0.29, 0.717) is 35.8 Å². The summed E-state index contributed by atoms with van der Waals surface area (Å²) in [6.45, 7) is 3.54. The lowest BCUT2D eigenvalue weighted by molar-refractivity contribution is 0.0761. The molecule has 6 nitrogen and oxygen atoms in total. The fraction of sp³-hybridized carbons (Fsp3) is 0.333. The van der Waals surface area contributed by atoms with Gasteiger partial charge in [-0.1, -0.05) is 23.7 Å². The molecule has 2 unspecified atom stereocenters. The second-order valence-corrected chi connectivity index (χ2v) is 8.49. The van der Waals surface area contributed by atoms with Crippen molar-refractivity contribution in [3.8, 4) is 11.4 Å². The predicted octanol–water partition coefficient (Wildman–Crippen LogP) is 4.19. The Morgan fingerprint density at radius 3 is 2.72 bits per heavy atom. The molecular weight excluding hydrogens is 431 g/mol. The van der Waals surface area contributed by atoms with E-state index in [0.717, 1.165) is 16.9 Å². The number of amides is 1. The van der Waals surface area contributed by atoms with Crippen LogP contribution in [0.1, 0.15) is 28.0 Å². The largest absolute Gasteiger partial charge is 0.495 e. The maximum Gasteiger partial charge on any atom is 0.251 e. The van der Waals surface area contributed by atoms with Gasteiger partial charge in [-0.25, -0.2) is 9.37 Å². The number of hydrogen-bond acceptors (Lipinski definition) is 4. The van der Waals surface area contributed by atoms with Crippen LogP contribution < -0.4 is 10.1 Å². The van der Waals surface area contributed by atoms with Gasteiger partial charge >= 0.3 is 0 Å². The number of benzene rings is 2. The Morgan fingerprint density at radius 1 is 1.28 bits per heavy atom. The number of imidazole rings is 1. The number of hydrogen-bond donors (Lipinski definition) is 1. The van der Waals surface area contributed by atoms with Crippen LogP contribution in [0.2, 0.25) is 5.02 Å². The van der Waals surface area contributed by atoms with E-state index >= 15 is 0 Å². The van der Waals surface area contributed by atoms with E-state index in [1.165, 1.54) is 0 Å². The lowest BCUT2D eigenvalue weighted by Gasteiger charge is -2.35. The molecule has 1 aliphatic rings. The van der Waals surface area contributed by atoms with Gasteiger partial charge in [0.25, 0.3) is 5.91 Å². The van der Waals surface area contributed by atoms with Crippen LogP contribution in [-0.2, 0) is 6.54 Å². The zero-order valence-electron chi connectivity index (χ0n) is 18.1. The number of carbonyl (C=O) groups excluding carboxylic acids is 1. The maximum atomic E-state index is 14.9. The average molecular weight is 457 g/mol. The van der Waals surface area contributed by atoms with E-state index < -0.39 is 12.2 Å². The van der Waals surface area contributed by atoms with Crippen molar-refractivity contribution in [1.29, 1.82) is 0 Å². The second-order valence-electron chi connectivity index (χ2n) is 8.06. The van der Waals surface area contributed by atoms with Gasteiger partial charge in [0, 0.05) is 36.4 Å². The number of rotatable bonds is 6. The van der Waals surface area contributed by atoms with Crippen molar-refractivity contribution in [3.63, 3.8) is 0 Å². The maximum absolute atomic E-state index is 14.9. The molecule has 2 heterocycles. The van der Waals surface area contributed by atoms with Gasteiger partial charge in [-0.15, -0.1) is 0 Å². The Labute approximate surface area is 192 Å². The molecule has 1 N–H and O–H groups in total. The summed E-state index contributed by atoms with van der Waals surface area (Å²) in [5.74, 6) is 0.236. The van der Waals surface area contributed by atoms with Crippen molar-refractivity contribution in [2.75, 3.05) is 20.2 Å². The molecule has 0 saturated carbocycles. The van der Waals surface area contributed by atoms with Crippen molar-refractivity contribution >= 4 is 17.5 Å². The van der Waals surface area contributed by atoms with Crippen LogP contribution in [0.25, 0.3) is 5.69 Å². The summed E-state index contributed by atoms with van der Waals surface area (Å²) >= 11 is 5.93. The molecule has 0 radical (unpaired) electrons. The van der Waals surface area contributed by atoms with Gasteiger partial charge < -0.3 is 14.6 Å². The first kappa shape index (κ1) is 22.3. The van der Waals surface area contributed by atoms with E-state index in [-0.39, 0.29) is 12.5 Å². The molecule has 0 bridgehead atoms. The number of piperidine rings is 1. The Balaban J connectivity index is 1.38. The van der Waals surface area contributed by atoms with Gasteiger partial charge in [-0.2, -0.15) is 0 Å². The van der Waals surface area contributed by atoms with Gasteiger partial charge in [0.05, 0.1) is 30.9 Å². The fourth-order valence-electron chi connectivity index (χ4n) is 3.96. The Morgan fingerprint density at radius 2 is 2.06 bits per heavy atom. The lowest BCUT2D eigenvalue weighted by atomic mass is 10.0. The lowest BCUT2D eigenvalue weighted by Crippen LogP contribution is -2.52. The highest BCUT2D eigenvalue weighted by Gasteiger charge is 2.30. The molecule has 8 heteroatoms. The van der Waals surface area contributed by atoms with Crippen molar-refractivity contribution in [2.24, 2.45) is 0 Å². The first-order chi connectivity index (χ1) is 15.4. The molecule has 2 atom stereocenters. The zero-order chi connectivity index (χ0) is 22.7. The molecule has 1 fully saturated rings. The summed E-state index contributed by atoms with van der Waals surface area (Å²) in [6.07, 6.45) is 2.97. The average Bonchev–Trinajstić information content (AvgIpc) is 3.22. The van der Waals surface area contributed by atoms with Crippen molar-refractivity contribution in [1.82, 2.24) is 19.8 Å². The number of alkyl halides is 1. The molecule has 1 aromatic heterocycles. The van der Waals surface area contributed by atoms with Crippen molar-refractivity contribution in [3.05, 3.63) is 76.8 Å². The molecule has 1 amide bonds. The van der Waals surface area contributed by atoms with Gasteiger partial charge in [0.15, 0.2) is 0 Å². The molecule has 2 aromatic carbocycles. The van der Waals surface area contributed by atoms with Crippen LogP contribution in [0.15, 0.2) is 55.0 Å². The van der Waals surface area contributed by atoms with E-state index in [2.05, 4.69) is 15.2 Å². The minimum absolute atomic E-state index is 0.274. The Kier molecular flexibility index (Phi) is 6.77. The summed E-state index contributed by atoms with van der Waals surface area (Å²) in [4.78, 5) is 19.1. The van der Waals surface area contributed by atoms with Gasteiger partial charge in [0.2, 0.25) is 0 Å². The normalized spacial score (nSPS) is 19.0. The molecular formula is C24H26ClFN4O2. The van der Waals surface area contributed by atoms with Gasteiger partial charge in [-0.05, 0) is 49.2 Å². The number of halogens is 2. The molecule has 0 spiro atoms. The fourth-order valence-corrected chi connectivity index (χ4v) is 4.08. The molecule has 168 valence electrons. The van der Waals surface area contributed by atoms with Gasteiger partial charge in [0.1, 0.15) is 11.9 Å². The summed E-state index contributed by atoms with van der Waals surface area (Å²) in [6, 6.07) is 12.2. The van der Waals surface area contributed by atoms with E-state index in [4.69, 9.17) is 16.3 Å². The van der Waals surface area contributed by atoms with Crippen molar-refractivity contribution in [2.45, 2.75) is 32.1 Å². The van der Waals surface area contributed by atoms with Crippen LogP contribution in [0.4, 0.5) is 4.39 Å². The zero-order valence-corrected chi connectivity index (χ0v) is 18.8. The van der Waals surface area contributed by atoms with Gasteiger partial charge in [-0.3, -0.25) is 9.69 Å². The number of aromatic nitrogens is 2. The standard InChI is InChI=1S/C24H26ClFN4O2/c1-16-12-30(15-27-16)22-8-5-18(11-23(22)32-2)24(31)28-21-9-10-29(14-20(21)26)13-17-3-6-19(25)7-4-17/h3-8,11-12,15,20-21H,9-10,13-14H2,1-2H3,(H,28,31). The van der Waals surface area contributed by atoms with Crippen LogP contribution in [-0.4, -0.2) is 52.8 Å². The predicted molar refractivity (Wildman–Crippen MR) is 122 cm³/mol. The van der Waals surface area contributed by atoms with E-state index in [1.54, 1.807) is 31.6 Å². The molecule has 32 heavy (non-hydrogen) atoms. The third-order valence-electron chi connectivity index (χ3n) is 5.69. The van der Waals surface area contributed by atoms with Crippen LogP contribution >= 0.6 is 11.6 Å². The number of nitrogens with one attached hydrogen (secondary N) is 1. The number of likely N-dealkylation sites (tertiary alicyclic amines) is 1. The highest BCUT2D eigenvalue weighted by molar-refractivity contribution is 6.30. The smallest absolute Gasteiger partial charge is 0.251 e. The number of aryl methyl sites for hydroxylation is 1. The summed E-state index contributed by atoms with van der Waals surface area (Å²) < 4.78 is 22.2. The minimum atomic E-state index is -1.14. The molecule has 1 saturated heterocycles. The molecule has 3 aromatic rings. The quantitative estimate of drug-likeness (QED) is 0.604. The number of nitrogens with zero attached hydrogens (tertiary/aromatic N) is 3. The molecule has 0 aliphatic carbocycles. The third kappa shape index (κ3) is 5.11. The van der Waals surface area contributed by atoms with Crippen LogP contribution in [0.3, 0.4) is 0 Å². The number of methoxy groups -OCH3 is 1. The molecule has 1 aliphatic heterocycles. The summed E-state index contributed by atoms with van der Waals surface area (Å²) in [7, 11) is 1.55. The van der Waals surface area contributed by atoms with Crippen LogP contribution in [0.5, 0.6) is 5.75 Å². The van der Waals surface area contributed by atoms with Crippen molar-refractivity contribution < 1.29 is 13.9 Å². The first-order valence-electron chi connectivity index (χ1n) is 10.5. The first-order valence-corrected chi connectivity index (χ1v) is 10.9. The summed E-state index contributed by atoms with van der Waals surface area (Å²) in [5, 5.41) is 3.54. The number of carbonyl (C=O) groups is 1. The SMILES string of the molecule is COc1cc(C(=O)NC2CCN(Cc3ccc(Cl)cc3)CC2F)ccc1-n1cnc(C)c1. The van der Waals surface area contributed by atoms with E-state index in [9.17, 15) is 9.18 Å². The Hall–Kier alpha value is -2.90. The Bertz CT molecular complexity index is 1090. The monoisotopic (exact) mass is 456 g/mol. The molecule has 4 rings (SSSR count).